The van der Waals surface area contributed by atoms with Gasteiger partial charge in [0.05, 0.1) is 7.11 Å². The molecule has 2 heterocycles. The van der Waals surface area contributed by atoms with Gasteiger partial charge in [0, 0.05) is 30.3 Å². The van der Waals surface area contributed by atoms with Crippen molar-refractivity contribution in [2.45, 2.75) is 50.4 Å². The molecule has 1 amide bonds. The van der Waals surface area contributed by atoms with E-state index in [1.165, 1.54) is 32.1 Å². The third kappa shape index (κ3) is 5.03. The maximum atomic E-state index is 12.4. The fraction of sp³-hybridized carbons (Fsp3) is 0.611. The highest BCUT2D eigenvalue weighted by Crippen LogP contribution is 2.34. The number of methoxy groups -OCH3 is 1. The number of carbonyl (C=O) groups excluding carboxylic acids is 1. The first-order valence-electron chi connectivity index (χ1n) is 8.76. The molecular formula is C18H23F3N2O3. The van der Waals surface area contributed by atoms with Crippen LogP contribution in [0.5, 0.6) is 11.5 Å². The number of amides is 1. The number of rotatable bonds is 6. The number of hydrogen-bond donors (Lipinski definition) is 2. The zero-order chi connectivity index (χ0) is 18.7. The Hall–Kier alpha value is -1.96. The van der Waals surface area contributed by atoms with E-state index >= 15 is 0 Å². The van der Waals surface area contributed by atoms with Gasteiger partial charge in [0.15, 0.2) is 18.1 Å². The third-order valence-electron chi connectivity index (χ3n) is 4.88. The fourth-order valence-electron chi connectivity index (χ4n) is 3.84. The SMILES string of the molecule is COc1ccc(NC(=O)CC2CC3CCC(C2)N3)cc1OCC(F)(F)F. The molecule has 0 spiro atoms. The molecule has 0 aromatic heterocycles. The van der Waals surface area contributed by atoms with E-state index in [1.807, 2.05) is 0 Å². The Balaban J connectivity index is 1.58. The second-order valence-electron chi connectivity index (χ2n) is 7.00. The molecule has 1 aromatic carbocycles. The molecule has 0 aliphatic carbocycles. The number of halogens is 3. The van der Waals surface area contributed by atoms with Crippen LogP contribution < -0.4 is 20.1 Å². The van der Waals surface area contributed by atoms with Crippen molar-refractivity contribution < 1.29 is 27.4 Å². The number of fused-ring (bicyclic) bond motifs is 2. The van der Waals surface area contributed by atoms with Gasteiger partial charge in [-0.05, 0) is 43.7 Å². The van der Waals surface area contributed by atoms with Crippen LogP contribution in [0.3, 0.4) is 0 Å². The normalized spacial score (nSPS) is 25.0. The average molecular weight is 372 g/mol. The van der Waals surface area contributed by atoms with Crippen molar-refractivity contribution in [1.29, 1.82) is 0 Å². The molecule has 1 aromatic rings. The summed E-state index contributed by atoms with van der Waals surface area (Å²) < 4.78 is 46.9. The second kappa shape index (κ2) is 7.73. The number of hydrogen-bond acceptors (Lipinski definition) is 4. The van der Waals surface area contributed by atoms with Crippen molar-refractivity contribution in [3.05, 3.63) is 18.2 Å². The summed E-state index contributed by atoms with van der Waals surface area (Å²) in [6, 6.07) is 5.44. The Morgan fingerprint density at radius 1 is 1.23 bits per heavy atom. The summed E-state index contributed by atoms with van der Waals surface area (Å²) >= 11 is 0. The van der Waals surface area contributed by atoms with Crippen LogP contribution in [0.15, 0.2) is 18.2 Å². The number of carbonyl (C=O) groups is 1. The minimum absolute atomic E-state index is 0.0532. The molecule has 8 heteroatoms. The zero-order valence-corrected chi connectivity index (χ0v) is 14.6. The van der Waals surface area contributed by atoms with E-state index in [0.29, 0.717) is 30.1 Å². The lowest BCUT2D eigenvalue weighted by molar-refractivity contribution is -0.153. The summed E-state index contributed by atoms with van der Waals surface area (Å²) in [5.74, 6) is 0.334. The van der Waals surface area contributed by atoms with Gasteiger partial charge in [0.1, 0.15) is 0 Å². The first-order valence-corrected chi connectivity index (χ1v) is 8.76. The van der Waals surface area contributed by atoms with Crippen LogP contribution >= 0.6 is 0 Å². The number of nitrogens with one attached hydrogen (secondary N) is 2. The Labute approximate surface area is 150 Å². The molecule has 2 N–H and O–H groups in total. The van der Waals surface area contributed by atoms with Crippen molar-refractivity contribution in [1.82, 2.24) is 5.32 Å². The predicted octanol–water partition coefficient (Wildman–Crippen LogP) is 3.50. The summed E-state index contributed by atoms with van der Waals surface area (Å²) in [5.41, 5.74) is 0.393. The molecule has 144 valence electrons. The molecule has 2 atom stereocenters. The first kappa shape index (κ1) is 18.8. The van der Waals surface area contributed by atoms with Gasteiger partial charge >= 0.3 is 6.18 Å². The molecule has 2 unspecified atom stereocenters. The molecule has 2 saturated heterocycles. The van der Waals surface area contributed by atoms with Gasteiger partial charge in [-0.15, -0.1) is 0 Å². The van der Waals surface area contributed by atoms with Gasteiger partial charge in [0.25, 0.3) is 0 Å². The van der Waals surface area contributed by atoms with E-state index < -0.39 is 12.8 Å². The number of piperidine rings is 1. The molecule has 2 aliphatic rings. The van der Waals surface area contributed by atoms with E-state index in [2.05, 4.69) is 10.6 Å². The monoisotopic (exact) mass is 372 g/mol. The molecule has 2 fully saturated rings. The molecule has 0 saturated carbocycles. The molecule has 5 nitrogen and oxygen atoms in total. The van der Waals surface area contributed by atoms with E-state index in [-0.39, 0.29) is 17.4 Å². The van der Waals surface area contributed by atoms with Crippen LogP contribution in [0.1, 0.15) is 32.1 Å². The average Bonchev–Trinajstić information content (AvgIpc) is 2.91. The largest absolute Gasteiger partial charge is 0.493 e. The van der Waals surface area contributed by atoms with Gasteiger partial charge < -0.3 is 20.1 Å². The van der Waals surface area contributed by atoms with Crippen LogP contribution in [0.25, 0.3) is 0 Å². The van der Waals surface area contributed by atoms with Crippen LogP contribution in [0.2, 0.25) is 0 Å². The highest BCUT2D eigenvalue weighted by atomic mass is 19.4. The summed E-state index contributed by atoms with van der Waals surface area (Å²) in [6.45, 7) is -1.42. The highest BCUT2D eigenvalue weighted by Gasteiger charge is 2.34. The van der Waals surface area contributed by atoms with Gasteiger partial charge in [0.2, 0.25) is 5.91 Å². The Morgan fingerprint density at radius 3 is 2.54 bits per heavy atom. The van der Waals surface area contributed by atoms with Crippen LogP contribution in [-0.4, -0.2) is 37.9 Å². The summed E-state index contributed by atoms with van der Waals surface area (Å²) in [4.78, 5) is 12.3. The number of anilines is 1. The third-order valence-corrected chi connectivity index (χ3v) is 4.88. The molecule has 0 radical (unpaired) electrons. The topological polar surface area (TPSA) is 59.6 Å². The van der Waals surface area contributed by atoms with Gasteiger partial charge in [-0.3, -0.25) is 4.79 Å². The first-order chi connectivity index (χ1) is 12.3. The van der Waals surface area contributed by atoms with Crippen molar-refractivity contribution in [3.63, 3.8) is 0 Å². The summed E-state index contributed by atoms with van der Waals surface area (Å²) in [5, 5.41) is 6.29. The van der Waals surface area contributed by atoms with Crippen molar-refractivity contribution in [3.8, 4) is 11.5 Å². The zero-order valence-electron chi connectivity index (χ0n) is 14.6. The van der Waals surface area contributed by atoms with Crippen LogP contribution in [-0.2, 0) is 4.79 Å². The van der Waals surface area contributed by atoms with Gasteiger partial charge in [-0.1, -0.05) is 0 Å². The standard InChI is InChI=1S/C18H23F3N2O3/c1-25-15-5-4-14(9-16(15)26-10-18(19,20)21)23-17(24)8-11-6-12-2-3-13(7-11)22-12/h4-5,9,11-13,22H,2-3,6-8,10H2,1H3,(H,23,24). The molecule has 26 heavy (non-hydrogen) atoms. The lowest BCUT2D eigenvalue weighted by Crippen LogP contribution is -2.39. The smallest absolute Gasteiger partial charge is 0.422 e. The summed E-state index contributed by atoms with van der Waals surface area (Å²) in [7, 11) is 1.35. The van der Waals surface area contributed by atoms with E-state index in [9.17, 15) is 18.0 Å². The minimum atomic E-state index is -4.45. The molecular weight excluding hydrogens is 349 g/mol. The fourth-order valence-corrected chi connectivity index (χ4v) is 3.84. The lowest BCUT2D eigenvalue weighted by Gasteiger charge is -2.28. The maximum Gasteiger partial charge on any atom is 0.422 e. The van der Waals surface area contributed by atoms with E-state index in [4.69, 9.17) is 9.47 Å². The Morgan fingerprint density at radius 2 is 1.92 bits per heavy atom. The van der Waals surface area contributed by atoms with Crippen LogP contribution in [0.4, 0.5) is 18.9 Å². The van der Waals surface area contributed by atoms with Crippen LogP contribution in [0, 0.1) is 5.92 Å². The predicted molar refractivity (Wildman–Crippen MR) is 90.5 cm³/mol. The van der Waals surface area contributed by atoms with Crippen molar-refractivity contribution >= 4 is 11.6 Å². The van der Waals surface area contributed by atoms with E-state index in [1.54, 1.807) is 6.07 Å². The molecule has 2 bridgehead atoms. The van der Waals surface area contributed by atoms with Gasteiger partial charge in [-0.2, -0.15) is 13.2 Å². The highest BCUT2D eigenvalue weighted by molar-refractivity contribution is 5.91. The van der Waals surface area contributed by atoms with Crippen molar-refractivity contribution in [2.75, 3.05) is 19.0 Å². The number of ether oxygens (including phenoxy) is 2. The van der Waals surface area contributed by atoms with E-state index in [0.717, 1.165) is 12.8 Å². The molecule has 2 aliphatic heterocycles. The Bertz CT molecular complexity index is 639. The molecule has 3 rings (SSSR count). The number of benzene rings is 1. The second-order valence-corrected chi connectivity index (χ2v) is 7.00. The quantitative estimate of drug-likeness (QED) is 0.803. The van der Waals surface area contributed by atoms with Gasteiger partial charge in [-0.25, -0.2) is 0 Å². The maximum absolute atomic E-state index is 12.4. The van der Waals surface area contributed by atoms with Crippen molar-refractivity contribution in [2.24, 2.45) is 5.92 Å². The lowest BCUT2D eigenvalue weighted by atomic mass is 9.89. The Kier molecular flexibility index (Phi) is 5.60. The summed E-state index contributed by atoms with van der Waals surface area (Å²) in [6.07, 6.45) is 0.291. The number of alkyl halides is 3. The minimum Gasteiger partial charge on any atom is -0.493 e.